The summed E-state index contributed by atoms with van der Waals surface area (Å²) >= 11 is 0. The molecule has 250 valence electrons. The molecule has 2 heterocycles. The van der Waals surface area contributed by atoms with Gasteiger partial charge in [-0.05, 0) is 128 Å². The summed E-state index contributed by atoms with van der Waals surface area (Å²) in [5.41, 5.74) is 8.21. The van der Waals surface area contributed by atoms with E-state index in [-0.39, 0.29) is 5.41 Å². The average molecular weight is 624 g/mol. The molecule has 2 aromatic heterocycles. The van der Waals surface area contributed by atoms with E-state index in [1.807, 2.05) is 0 Å². The lowest BCUT2D eigenvalue weighted by Crippen LogP contribution is -2.54. The molecule has 4 nitrogen and oxygen atoms in total. The van der Waals surface area contributed by atoms with Crippen LogP contribution in [-0.2, 0) is 18.3 Å². The second kappa shape index (κ2) is 11.7. The van der Waals surface area contributed by atoms with Crippen LogP contribution >= 0.6 is 0 Å². The first kappa shape index (κ1) is 32.2. The van der Waals surface area contributed by atoms with Crippen molar-refractivity contribution in [1.29, 1.82) is 0 Å². The fraction of sp³-hybridized carbons (Fsp3) is 0.714. The Labute approximate surface area is 279 Å². The van der Waals surface area contributed by atoms with Crippen molar-refractivity contribution in [3.05, 3.63) is 47.3 Å². The van der Waals surface area contributed by atoms with Gasteiger partial charge in [0.05, 0.1) is 18.5 Å². The SMILES string of the molecule is COc1ccc(-c2c3c(nc4cc(C(C)(C)C)nn24)C[C@@H]2CC[C@H]4C(CC[C@]5(C)[C@@H]([C@H](C)CCCC(C)C)CC[C@@H]45)[C@@]2(C)C3)cc1. The number of methoxy groups -OCH3 is 1. The summed E-state index contributed by atoms with van der Waals surface area (Å²) in [6, 6.07) is 10.9. The Morgan fingerprint density at radius 1 is 0.935 bits per heavy atom. The number of hydrogen-bond donors (Lipinski definition) is 0. The van der Waals surface area contributed by atoms with Crippen molar-refractivity contribution in [3.63, 3.8) is 0 Å². The van der Waals surface area contributed by atoms with E-state index in [2.05, 4.69) is 90.2 Å². The smallest absolute Gasteiger partial charge is 0.156 e. The second-order valence-corrected chi connectivity index (χ2v) is 18.2. The molecule has 0 spiro atoms. The maximum Gasteiger partial charge on any atom is 0.156 e. The van der Waals surface area contributed by atoms with E-state index < -0.39 is 0 Å². The Bertz CT molecular complexity index is 1560. The third kappa shape index (κ3) is 5.23. The quantitative estimate of drug-likeness (QED) is 0.263. The van der Waals surface area contributed by atoms with Gasteiger partial charge in [-0.3, -0.25) is 0 Å². The molecule has 4 aliphatic carbocycles. The van der Waals surface area contributed by atoms with Crippen molar-refractivity contribution in [3.8, 4) is 17.0 Å². The van der Waals surface area contributed by atoms with Crippen molar-refractivity contribution < 1.29 is 4.74 Å². The zero-order valence-electron chi connectivity index (χ0n) is 30.5. The number of benzene rings is 1. The number of nitrogens with zero attached hydrogens (tertiary/aromatic N) is 3. The van der Waals surface area contributed by atoms with Crippen LogP contribution in [0.4, 0.5) is 0 Å². The molecule has 8 atom stereocenters. The maximum atomic E-state index is 5.56. The van der Waals surface area contributed by atoms with Gasteiger partial charge in [0.1, 0.15) is 5.75 Å². The van der Waals surface area contributed by atoms with Gasteiger partial charge < -0.3 is 4.74 Å². The molecule has 7 rings (SSSR count). The van der Waals surface area contributed by atoms with Crippen LogP contribution in [0.15, 0.2) is 30.3 Å². The Morgan fingerprint density at radius 3 is 2.37 bits per heavy atom. The summed E-state index contributed by atoms with van der Waals surface area (Å²) in [6.07, 6.45) is 15.1. The van der Waals surface area contributed by atoms with Gasteiger partial charge in [0, 0.05) is 28.3 Å². The Hall–Kier alpha value is -2.36. The number of ether oxygens (including phenoxy) is 1. The maximum absolute atomic E-state index is 5.56. The lowest BCUT2D eigenvalue weighted by Gasteiger charge is -2.60. The lowest BCUT2D eigenvalue weighted by molar-refractivity contribution is -0.103. The van der Waals surface area contributed by atoms with E-state index in [1.165, 1.54) is 80.3 Å². The van der Waals surface area contributed by atoms with Crippen molar-refractivity contribution in [1.82, 2.24) is 14.6 Å². The van der Waals surface area contributed by atoms with Gasteiger partial charge >= 0.3 is 0 Å². The number of rotatable bonds is 7. The normalized spacial score (nSPS) is 33.0. The minimum atomic E-state index is -0.0294. The Balaban J connectivity index is 1.23. The predicted molar refractivity (Wildman–Crippen MR) is 190 cm³/mol. The Kier molecular flexibility index (Phi) is 8.16. The summed E-state index contributed by atoms with van der Waals surface area (Å²) < 4.78 is 7.74. The van der Waals surface area contributed by atoms with Crippen LogP contribution in [0.1, 0.15) is 130 Å². The Morgan fingerprint density at radius 2 is 1.67 bits per heavy atom. The first-order valence-electron chi connectivity index (χ1n) is 18.9. The fourth-order valence-corrected chi connectivity index (χ4v) is 11.6. The molecule has 4 aliphatic rings. The van der Waals surface area contributed by atoms with Crippen LogP contribution < -0.4 is 4.74 Å². The van der Waals surface area contributed by atoms with Crippen LogP contribution in [0.5, 0.6) is 5.75 Å². The predicted octanol–water partition coefficient (Wildman–Crippen LogP) is 10.7. The van der Waals surface area contributed by atoms with Crippen LogP contribution in [0.2, 0.25) is 0 Å². The third-order valence-electron chi connectivity index (χ3n) is 14.2. The van der Waals surface area contributed by atoms with Gasteiger partial charge in [-0.25, -0.2) is 9.50 Å². The second-order valence-electron chi connectivity index (χ2n) is 18.2. The van der Waals surface area contributed by atoms with E-state index in [0.717, 1.165) is 71.4 Å². The van der Waals surface area contributed by atoms with E-state index in [0.29, 0.717) is 10.8 Å². The summed E-state index contributed by atoms with van der Waals surface area (Å²) in [4.78, 5) is 5.40. The molecule has 0 amide bonds. The monoisotopic (exact) mass is 623 g/mol. The van der Waals surface area contributed by atoms with E-state index >= 15 is 0 Å². The van der Waals surface area contributed by atoms with Gasteiger partial charge in [0.15, 0.2) is 5.65 Å². The van der Waals surface area contributed by atoms with Crippen LogP contribution in [0, 0.1) is 52.3 Å². The van der Waals surface area contributed by atoms with Crippen LogP contribution in [-0.4, -0.2) is 21.7 Å². The van der Waals surface area contributed by atoms with Gasteiger partial charge in [0.25, 0.3) is 0 Å². The van der Waals surface area contributed by atoms with Crippen LogP contribution in [0.25, 0.3) is 16.9 Å². The molecular weight excluding hydrogens is 562 g/mol. The summed E-state index contributed by atoms with van der Waals surface area (Å²) in [5.74, 6) is 6.84. The highest BCUT2D eigenvalue weighted by molar-refractivity contribution is 5.69. The first-order valence-corrected chi connectivity index (χ1v) is 18.9. The number of fused-ring (bicyclic) bond motifs is 7. The number of aromatic nitrogens is 3. The van der Waals surface area contributed by atoms with Crippen molar-refractivity contribution >= 4 is 5.65 Å². The molecule has 1 unspecified atom stereocenters. The first-order chi connectivity index (χ1) is 21.8. The molecule has 3 fully saturated rings. The van der Waals surface area contributed by atoms with Gasteiger partial charge in [0.2, 0.25) is 0 Å². The molecule has 4 heteroatoms. The van der Waals surface area contributed by atoms with Crippen molar-refractivity contribution in [2.24, 2.45) is 52.3 Å². The zero-order chi connectivity index (χ0) is 32.6. The molecule has 0 bridgehead atoms. The zero-order valence-corrected chi connectivity index (χ0v) is 30.5. The molecule has 0 aliphatic heterocycles. The average Bonchev–Trinajstić information content (AvgIpc) is 3.60. The molecule has 1 aromatic carbocycles. The topological polar surface area (TPSA) is 39.4 Å². The van der Waals surface area contributed by atoms with Gasteiger partial charge in [-0.15, -0.1) is 0 Å². The summed E-state index contributed by atoms with van der Waals surface area (Å²) in [7, 11) is 1.75. The van der Waals surface area contributed by atoms with Gasteiger partial charge in [-0.2, -0.15) is 5.10 Å². The minimum absolute atomic E-state index is 0.0294. The molecular formula is C42H61N3O. The van der Waals surface area contributed by atoms with Crippen molar-refractivity contribution in [2.45, 2.75) is 131 Å². The van der Waals surface area contributed by atoms with Crippen LogP contribution in [0.3, 0.4) is 0 Å². The summed E-state index contributed by atoms with van der Waals surface area (Å²) in [5, 5.41) is 5.25. The molecule has 0 radical (unpaired) electrons. The fourth-order valence-electron chi connectivity index (χ4n) is 11.6. The van der Waals surface area contributed by atoms with Crippen molar-refractivity contribution in [2.75, 3.05) is 7.11 Å². The molecule has 3 saturated carbocycles. The van der Waals surface area contributed by atoms with E-state index in [1.54, 1.807) is 7.11 Å². The third-order valence-corrected chi connectivity index (χ3v) is 14.2. The van der Waals surface area contributed by atoms with Gasteiger partial charge in [-0.1, -0.05) is 74.7 Å². The lowest BCUT2D eigenvalue weighted by atomic mass is 9.44. The molecule has 0 N–H and O–H groups in total. The highest BCUT2D eigenvalue weighted by Gasteiger charge is 2.60. The highest BCUT2D eigenvalue weighted by Crippen LogP contribution is 2.68. The summed E-state index contributed by atoms with van der Waals surface area (Å²) in [6.45, 7) is 19.6. The standard InChI is InChI=1S/C42H61N3O/c1-26(2)11-10-12-27(3)33-19-20-34-31-18-15-29-23-36-32(25-42(29,8)35(31)21-22-41(33,34)7)39(28-13-16-30(46-9)17-14-28)45-38(43-36)24-37(44-45)40(4,5)6/h13-14,16-17,24,26-27,29,31,33-35H,10-12,15,18-23,25H2,1-9H3/t27-,29+,31-,33-,34+,35?,41-,42+/m1/s1. The largest absolute Gasteiger partial charge is 0.497 e. The number of hydrogen-bond acceptors (Lipinski definition) is 3. The highest BCUT2D eigenvalue weighted by atomic mass is 16.5. The molecule has 0 saturated heterocycles. The minimum Gasteiger partial charge on any atom is -0.497 e. The van der Waals surface area contributed by atoms with E-state index in [4.69, 9.17) is 14.8 Å². The van der Waals surface area contributed by atoms with E-state index in [9.17, 15) is 0 Å². The molecule has 46 heavy (non-hydrogen) atoms. The molecule has 3 aromatic rings.